The van der Waals surface area contributed by atoms with E-state index in [9.17, 15) is 18.0 Å². The van der Waals surface area contributed by atoms with Gasteiger partial charge in [0.2, 0.25) is 10.0 Å². The standard InChI is InChI=1S/C13H14Cl2N2O6S/c14-9-6-10(15)11(5-8(9)13(19)23-7-12(16)18)24(20,21)17-1-3-22-4-2-17/h5-6H,1-4,7H2,(H2,16,18). The highest BCUT2D eigenvalue weighted by Gasteiger charge is 2.30. The number of amides is 1. The molecule has 0 spiro atoms. The molecule has 2 rings (SSSR count). The zero-order valence-corrected chi connectivity index (χ0v) is 14.7. The molecule has 0 aliphatic carbocycles. The number of carbonyl (C=O) groups excluding carboxylic acids is 2. The fraction of sp³-hybridized carbons (Fsp3) is 0.385. The molecule has 1 aromatic rings. The molecule has 0 radical (unpaired) electrons. The van der Waals surface area contributed by atoms with Crippen LogP contribution in [0.15, 0.2) is 17.0 Å². The quantitative estimate of drug-likeness (QED) is 0.730. The molecule has 132 valence electrons. The number of sulfonamides is 1. The number of morpholine rings is 1. The summed E-state index contributed by atoms with van der Waals surface area (Å²) in [5.74, 6) is -1.83. The Balaban J connectivity index is 2.38. The molecule has 1 aromatic carbocycles. The third-order valence-corrected chi connectivity index (χ3v) is 5.85. The minimum Gasteiger partial charge on any atom is -0.452 e. The minimum absolute atomic E-state index is 0.101. The number of benzene rings is 1. The third kappa shape index (κ3) is 4.17. The molecule has 8 nitrogen and oxygen atoms in total. The van der Waals surface area contributed by atoms with Crippen molar-refractivity contribution in [1.29, 1.82) is 0 Å². The summed E-state index contributed by atoms with van der Waals surface area (Å²) in [6.45, 7) is 0.213. The lowest BCUT2D eigenvalue weighted by Crippen LogP contribution is -2.40. The molecule has 1 aliphatic heterocycles. The molecule has 0 saturated carbocycles. The molecule has 24 heavy (non-hydrogen) atoms. The van der Waals surface area contributed by atoms with E-state index >= 15 is 0 Å². The van der Waals surface area contributed by atoms with Gasteiger partial charge in [-0.1, -0.05) is 23.2 Å². The molecule has 0 atom stereocenters. The lowest BCUT2D eigenvalue weighted by Gasteiger charge is -2.26. The van der Waals surface area contributed by atoms with Crippen LogP contribution in [0.3, 0.4) is 0 Å². The van der Waals surface area contributed by atoms with Gasteiger partial charge in [-0.2, -0.15) is 4.31 Å². The van der Waals surface area contributed by atoms with Gasteiger partial charge in [0.25, 0.3) is 5.91 Å². The summed E-state index contributed by atoms with van der Waals surface area (Å²) in [6.07, 6.45) is 0. The van der Waals surface area contributed by atoms with Crippen LogP contribution in [0.1, 0.15) is 10.4 Å². The van der Waals surface area contributed by atoms with Crippen molar-refractivity contribution in [3.63, 3.8) is 0 Å². The van der Waals surface area contributed by atoms with Gasteiger partial charge in [-0.25, -0.2) is 13.2 Å². The number of carbonyl (C=O) groups is 2. The molecule has 1 aliphatic rings. The highest BCUT2D eigenvalue weighted by molar-refractivity contribution is 7.89. The van der Waals surface area contributed by atoms with Crippen LogP contribution < -0.4 is 5.73 Å². The van der Waals surface area contributed by atoms with E-state index in [1.807, 2.05) is 0 Å². The van der Waals surface area contributed by atoms with Crippen molar-refractivity contribution in [2.75, 3.05) is 32.9 Å². The van der Waals surface area contributed by atoms with Crippen LogP contribution in [0.5, 0.6) is 0 Å². The lowest BCUT2D eigenvalue weighted by molar-refractivity contribution is -0.121. The van der Waals surface area contributed by atoms with Crippen LogP contribution in [0.25, 0.3) is 0 Å². The zero-order valence-electron chi connectivity index (χ0n) is 12.3. The Bertz CT molecular complexity index is 762. The number of nitrogens with zero attached hydrogens (tertiary/aromatic N) is 1. The molecule has 0 bridgehead atoms. The highest BCUT2D eigenvalue weighted by atomic mass is 35.5. The van der Waals surface area contributed by atoms with Crippen molar-refractivity contribution in [1.82, 2.24) is 4.31 Å². The number of esters is 1. The number of ether oxygens (including phenoxy) is 2. The Hall–Kier alpha value is -1.39. The summed E-state index contributed by atoms with van der Waals surface area (Å²) in [6, 6.07) is 2.16. The summed E-state index contributed by atoms with van der Waals surface area (Å²) in [7, 11) is -3.93. The Kier molecular flexibility index (Phi) is 6.05. The molecule has 11 heteroatoms. The first-order chi connectivity index (χ1) is 11.2. The van der Waals surface area contributed by atoms with Crippen molar-refractivity contribution < 1.29 is 27.5 Å². The van der Waals surface area contributed by atoms with Crippen LogP contribution in [-0.2, 0) is 24.3 Å². The second-order valence-corrected chi connectivity index (χ2v) is 7.54. The van der Waals surface area contributed by atoms with Gasteiger partial charge in [0.15, 0.2) is 6.61 Å². The molecule has 2 N–H and O–H groups in total. The van der Waals surface area contributed by atoms with Crippen LogP contribution in [0.2, 0.25) is 10.0 Å². The molecular formula is C13H14Cl2N2O6S. The predicted molar refractivity (Wildman–Crippen MR) is 85.5 cm³/mol. The van der Waals surface area contributed by atoms with E-state index in [2.05, 4.69) is 4.74 Å². The first-order valence-corrected chi connectivity index (χ1v) is 8.95. The van der Waals surface area contributed by atoms with Gasteiger partial charge in [-0.15, -0.1) is 0 Å². The first-order valence-electron chi connectivity index (χ1n) is 6.76. The highest BCUT2D eigenvalue weighted by Crippen LogP contribution is 2.31. The summed E-state index contributed by atoms with van der Waals surface area (Å²) >= 11 is 11.9. The largest absolute Gasteiger partial charge is 0.452 e. The van der Waals surface area contributed by atoms with E-state index in [4.69, 9.17) is 33.7 Å². The number of hydrogen-bond acceptors (Lipinski definition) is 6. The number of hydrogen-bond donors (Lipinski definition) is 1. The lowest BCUT2D eigenvalue weighted by atomic mass is 10.2. The van der Waals surface area contributed by atoms with E-state index in [0.717, 1.165) is 12.1 Å². The zero-order chi connectivity index (χ0) is 17.9. The molecular weight excluding hydrogens is 383 g/mol. The van der Waals surface area contributed by atoms with Crippen molar-refractivity contribution >= 4 is 45.1 Å². The summed E-state index contributed by atoms with van der Waals surface area (Å²) in [4.78, 5) is 22.4. The molecule has 1 heterocycles. The maximum absolute atomic E-state index is 12.7. The van der Waals surface area contributed by atoms with E-state index in [0.29, 0.717) is 0 Å². The first kappa shape index (κ1) is 18.9. The van der Waals surface area contributed by atoms with Gasteiger partial charge in [-0.05, 0) is 12.1 Å². The number of halogens is 2. The van der Waals surface area contributed by atoms with Gasteiger partial charge in [0, 0.05) is 13.1 Å². The predicted octanol–water partition coefficient (Wildman–Crippen LogP) is 0.656. The maximum Gasteiger partial charge on any atom is 0.340 e. The van der Waals surface area contributed by atoms with Gasteiger partial charge < -0.3 is 15.2 Å². The Morgan fingerprint density at radius 1 is 1.21 bits per heavy atom. The molecule has 0 aromatic heterocycles. The van der Waals surface area contributed by atoms with Gasteiger partial charge in [0.1, 0.15) is 4.90 Å². The molecule has 1 fully saturated rings. The smallest absolute Gasteiger partial charge is 0.340 e. The van der Waals surface area contributed by atoms with E-state index in [-0.39, 0.29) is 46.8 Å². The minimum atomic E-state index is -3.93. The second kappa shape index (κ2) is 7.66. The Morgan fingerprint density at radius 2 is 1.83 bits per heavy atom. The SMILES string of the molecule is NC(=O)COC(=O)c1cc(S(=O)(=O)N2CCOCC2)c(Cl)cc1Cl. The Morgan fingerprint density at radius 3 is 2.42 bits per heavy atom. The van der Waals surface area contributed by atoms with Gasteiger partial charge >= 0.3 is 5.97 Å². The van der Waals surface area contributed by atoms with E-state index in [1.165, 1.54) is 4.31 Å². The number of nitrogens with two attached hydrogens (primary N) is 1. The molecule has 1 amide bonds. The topological polar surface area (TPSA) is 116 Å². The number of primary amides is 1. The van der Waals surface area contributed by atoms with Crippen molar-refractivity contribution in [3.8, 4) is 0 Å². The summed E-state index contributed by atoms with van der Waals surface area (Å²) in [5.41, 5.74) is 4.67. The summed E-state index contributed by atoms with van der Waals surface area (Å²) in [5, 5.41) is -0.228. The van der Waals surface area contributed by atoms with E-state index in [1.54, 1.807) is 0 Å². The average Bonchev–Trinajstić information content (AvgIpc) is 2.53. The van der Waals surface area contributed by atoms with Crippen molar-refractivity contribution in [2.45, 2.75) is 4.90 Å². The Labute approximate surface area is 148 Å². The molecule has 1 saturated heterocycles. The van der Waals surface area contributed by atoms with Crippen molar-refractivity contribution in [2.24, 2.45) is 5.73 Å². The van der Waals surface area contributed by atoms with Crippen molar-refractivity contribution in [3.05, 3.63) is 27.7 Å². The second-order valence-electron chi connectivity index (χ2n) is 4.82. The van der Waals surface area contributed by atoms with Crippen LogP contribution in [0.4, 0.5) is 0 Å². The van der Waals surface area contributed by atoms with Crippen LogP contribution in [0, 0.1) is 0 Å². The normalized spacial score (nSPS) is 15.9. The molecule has 0 unspecified atom stereocenters. The fourth-order valence-electron chi connectivity index (χ4n) is 2.02. The van der Waals surface area contributed by atoms with Gasteiger partial charge in [0.05, 0.1) is 28.8 Å². The average molecular weight is 397 g/mol. The van der Waals surface area contributed by atoms with E-state index < -0.39 is 28.5 Å². The monoisotopic (exact) mass is 396 g/mol. The number of rotatable bonds is 5. The van der Waals surface area contributed by atoms with Crippen LogP contribution in [-0.4, -0.2) is 57.5 Å². The fourth-order valence-corrected chi connectivity index (χ4v) is 4.26. The van der Waals surface area contributed by atoms with Gasteiger partial charge in [-0.3, -0.25) is 4.79 Å². The maximum atomic E-state index is 12.7. The summed E-state index contributed by atoms with van der Waals surface area (Å²) < 4.78 is 36.3. The van der Waals surface area contributed by atoms with Crippen LogP contribution >= 0.6 is 23.2 Å². The third-order valence-electron chi connectivity index (χ3n) is 3.17.